The zero-order chi connectivity index (χ0) is 10.6. The van der Waals surface area contributed by atoms with Crippen molar-refractivity contribution in [3.63, 3.8) is 0 Å². The number of halogens is 2. The van der Waals surface area contributed by atoms with Gasteiger partial charge in [0.2, 0.25) is 0 Å². The average molecular weight is 250 g/mol. The Bertz CT molecular complexity index is 344. The second-order valence-electron chi connectivity index (χ2n) is 2.61. The summed E-state index contributed by atoms with van der Waals surface area (Å²) in [5.74, 6) is 0.435. The van der Waals surface area contributed by atoms with E-state index in [0.717, 1.165) is 0 Å². The molecule has 0 atom stereocenters. The van der Waals surface area contributed by atoms with E-state index in [2.05, 4.69) is 17.9 Å². The molecule has 1 N–H and O–H groups in total. The number of thiol groups is 1. The van der Waals surface area contributed by atoms with E-state index in [1.165, 1.54) is 6.07 Å². The molecule has 0 aromatic heterocycles. The maximum Gasteiger partial charge on any atom is 0.251 e. The van der Waals surface area contributed by atoms with Crippen LogP contribution >= 0.6 is 35.8 Å². The van der Waals surface area contributed by atoms with Crippen LogP contribution in [-0.2, 0) is 0 Å². The molecule has 0 aliphatic heterocycles. The van der Waals surface area contributed by atoms with Gasteiger partial charge in [-0.25, -0.2) is 0 Å². The second-order valence-corrected chi connectivity index (χ2v) is 3.87. The van der Waals surface area contributed by atoms with E-state index in [4.69, 9.17) is 23.2 Å². The fourth-order valence-corrected chi connectivity index (χ4v) is 1.32. The fraction of sp³-hybridized carbons (Fsp3) is 0.222. The maximum absolute atomic E-state index is 11.4. The third-order valence-corrected chi connectivity index (χ3v) is 2.54. The van der Waals surface area contributed by atoms with Crippen LogP contribution in [0.25, 0.3) is 0 Å². The van der Waals surface area contributed by atoms with Gasteiger partial charge in [-0.2, -0.15) is 12.6 Å². The monoisotopic (exact) mass is 249 g/mol. The Hall–Kier alpha value is -0.380. The quantitative estimate of drug-likeness (QED) is 0.793. The lowest BCUT2D eigenvalue weighted by Gasteiger charge is -2.03. The van der Waals surface area contributed by atoms with Crippen molar-refractivity contribution < 1.29 is 4.79 Å². The predicted molar refractivity (Wildman–Crippen MR) is 62.6 cm³/mol. The van der Waals surface area contributed by atoms with Gasteiger partial charge in [-0.1, -0.05) is 23.2 Å². The number of nitrogens with one attached hydrogen (secondary N) is 1. The molecule has 0 unspecified atom stereocenters. The zero-order valence-electron chi connectivity index (χ0n) is 7.26. The molecule has 2 nitrogen and oxygen atoms in total. The first-order valence-electron chi connectivity index (χ1n) is 3.99. The molecule has 0 bridgehead atoms. The van der Waals surface area contributed by atoms with Crippen LogP contribution in [0.3, 0.4) is 0 Å². The molecule has 1 rings (SSSR count). The highest BCUT2D eigenvalue weighted by atomic mass is 35.5. The Morgan fingerprint density at radius 3 is 2.64 bits per heavy atom. The van der Waals surface area contributed by atoms with Crippen LogP contribution in [0.1, 0.15) is 10.4 Å². The maximum atomic E-state index is 11.4. The van der Waals surface area contributed by atoms with E-state index < -0.39 is 0 Å². The number of amides is 1. The summed E-state index contributed by atoms with van der Waals surface area (Å²) < 4.78 is 0. The molecule has 0 aliphatic carbocycles. The summed E-state index contributed by atoms with van der Waals surface area (Å²) in [5.41, 5.74) is 0.501. The average Bonchev–Trinajstić information content (AvgIpc) is 2.18. The normalized spacial score (nSPS) is 9.93. The third kappa shape index (κ3) is 3.08. The largest absolute Gasteiger partial charge is 0.351 e. The summed E-state index contributed by atoms with van der Waals surface area (Å²) in [5, 5.41) is 3.50. The van der Waals surface area contributed by atoms with Gasteiger partial charge in [0, 0.05) is 17.9 Å². The van der Waals surface area contributed by atoms with E-state index in [-0.39, 0.29) is 5.91 Å². The van der Waals surface area contributed by atoms with Crippen LogP contribution < -0.4 is 5.32 Å². The molecule has 76 valence electrons. The summed E-state index contributed by atoms with van der Waals surface area (Å²) in [6, 6.07) is 4.76. The van der Waals surface area contributed by atoms with Gasteiger partial charge in [0.25, 0.3) is 5.91 Å². The van der Waals surface area contributed by atoms with Gasteiger partial charge in [-0.3, -0.25) is 4.79 Å². The summed E-state index contributed by atoms with van der Waals surface area (Å²) in [7, 11) is 0. The van der Waals surface area contributed by atoms with Crippen LogP contribution in [0.2, 0.25) is 10.0 Å². The van der Waals surface area contributed by atoms with E-state index in [0.29, 0.717) is 27.9 Å². The smallest absolute Gasteiger partial charge is 0.251 e. The zero-order valence-corrected chi connectivity index (χ0v) is 9.66. The molecular weight excluding hydrogens is 241 g/mol. The molecule has 5 heteroatoms. The standard InChI is InChI=1S/C9H9Cl2NOS/c10-7-2-1-6(5-8(7)11)9(13)12-3-4-14/h1-2,5,14H,3-4H2,(H,12,13). The number of benzene rings is 1. The van der Waals surface area contributed by atoms with Crippen molar-refractivity contribution in [3.8, 4) is 0 Å². The molecule has 0 saturated heterocycles. The van der Waals surface area contributed by atoms with E-state index in [9.17, 15) is 4.79 Å². The number of rotatable bonds is 3. The lowest BCUT2D eigenvalue weighted by molar-refractivity contribution is 0.0956. The molecule has 1 aromatic rings. The molecule has 0 spiro atoms. The van der Waals surface area contributed by atoms with E-state index >= 15 is 0 Å². The summed E-state index contributed by atoms with van der Waals surface area (Å²) >= 11 is 15.5. The van der Waals surface area contributed by atoms with E-state index in [1.807, 2.05) is 0 Å². The van der Waals surface area contributed by atoms with Crippen molar-refractivity contribution in [2.45, 2.75) is 0 Å². The number of hydrogen-bond acceptors (Lipinski definition) is 2. The van der Waals surface area contributed by atoms with Gasteiger partial charge in [0.05, 0.1) is 10.0 Å². The SMILES string of the molecule is O=C(NCCS)c1ccc(Cl)c(Cl)c1. The third-order valence-electron chi connectivity index (χ3n) is 1.58. The van der Waals surface area contributed by atoms with Crippen LogP contribution in [0.15, 0.2) is 18.2 Å². The first-order chi connectivity index (χ1) is 6.65. The van der Waals surface area contributed by atoms with Gasteiger partial charge in [-0.15, -0.1) is 0 Å². The molecule has 1 aromatic carbocycles. The highest BCUT2D eigenvalue weighted by Gasteiger charge is 2.06. The number of hydrogen-bond donors (Lipinski definition) is 2. The van der Waals surface area contributed by atoms with Crippen molar-refractivity contribution in [2.24, 2.45) is 0 Å². The Morgan fingerprint density at radius 2 is 2.07 bits per heavy atom. The van der Waals surface area contributed by atoms with Crippen LogP contribution in [0, 0.1) is 0 Å². The molecule has 0 radical (unpaired) electrons. The number of carbonyl (C=O) groups excluding carboxylic acids is 1. The van der Waals surface area contributed by atoms with Crippen LogP contribution in [-0.4, -0.2) is 18.2 Å². The minimum absolute atomic E-state index is 0.169. The molecular formula is C9H9Cl2NOS. The lowest BCUT2D eigenvalue weighted by atomic mass is 10.2. The van der Waals surface area contributed by atoms with Crippen molar-refractivity contribution in [1.82, 2.24) is 5.32 Å². The molecule has 1 amide bonds. The van der Waals surface area contributed by atoms with Crippen molar-refractivity contribution in [3.05, 3.63) is 33.8 Å². The topological polar surface area (TPSA) is 29.1 Å². The Labute approximate surface area is 98.0 Å². The van der Waals surface area contributed by atoms with E-state index in [1.54, 1.807) is 12.1 Å². The summed E-state index contributed by atoms with van der Waals surface area (Å²) in [6.07, 6.45) is 0. The summed E-state index contributed by atoms with van der Waals surface area (Å²) in [4.78, 5) is 11.4. The lowest BCUT2D eigenvalue weighted by Crippen LogP contribution is -2.25. The van der Waals surface area contributed by atoms with Gasteiger partial charge in [0.1, 0.15) is 0 Å². The highest BCUT2D eigenvalue weighted by molar-refractivity contribution is 7.80. The van der Waals surface area contributed by atoms with Crippen molar-refractivity contribution in [1.29, 1.82) is 0 Å². The summed E-state index contributed by atoms with van der Waals surface area (Å²) in [6.45, 7) is 0.530. The van der Waals surface area contributed by atoms with Crippen LogP contribution in [0.4, 0.5) is 0 Å². The van der Waals surface area contributed by atoms with Crippen molar-refractivity contribution in [2.75, 3.05) is 12.3 Å². The van der Waals surface area contributed by atoms with Crippen LogP contribution in [0.5, 0.6) is 0 Å². The first-order valence-corrected chi connectivity index (χ1v) is 5.38. The highest BCUT2D eigenvalue weighted by Crippen LogP contribution is 2.22. The van der Waals surface area contributed by atoms with Gasteiger partial charge < -0.3 is 5.32 Å². The number of carbonyl (C=O) groups is 1. The Balaban J connectivity index is 2.76. The minimum atomic E-state index is -0.169. The van der Waals surface area contributed by atoms with Gasteiger partial charge in [-0.05, 0) is 18.2 Å². The first kappa shape index (κ1) is 11.7. The fourth-order valence-electron chi connectivity index (χ4n) is 0.909. The molecule has 0 aliphatic rings. The Morgan fingerprint density at radius 1 is 1.36 bits per heavy atom. The molecule has 14 heavy (non-hydrogen) atoms. The molecule has 0 saturated carbocycles. The molecule has 0 fully saturated rings. The molecule has 0 heterocycles. The van der Waals surface area contributed by atoms with Gasteiger partial charge in [0.15, 0.2) is 0 Å². The predicted octanol–water partition coefficient (Wildman–Crippen LogP) is 2.65. The Kier molecular flexibility index (Phi) is 4.58. The second kappa shape index (κ2) is 5.49. The van der Waals surface area contributed by atoms with Gasteiger partial charge >= 0.3 is 0 Å². The van der Waals surface area contributed by atoms with Crippen molar-refractivity contribution >= 4 is 41.7 Å². The minimum Gasteiger partial charge on any atom is -0.351 e.